The summed E-state index contributed by atoms with van der Waals surface area (Å²) >= 11 is 0. The molecule has 0 bridgehead atoms. The van der Waals surface area contributed by atoms with Gasteiger partial charge in [-0.25, -0.2) is 4.98 Å². The Hall–Kier alpha value is -1.75. The van der Waals surface area contributed by atoms with Crippen LogP contribution in [0.4, 0.5) is 0 Å². The SMILES string of the molecule is NCc1cc(-c2cnccn2)on1. The highest BCUT2D eigenvalue weighted by atomic mass is 16.5. The molecule has 0 aromatic carbocycles. The summed E-state index contributed by atoms with van der Waals surface area (Å²) < 4.78 is 5.01. The first-order valence-electron chi connectivity index (χ1n) is 3.82. The van der Waals surface area contributed by atoms with Crippen molar-refractivity contribution in [3.05, 3.63) is 30.4 Å². The van der Waals surface area contributed by atoms with Gasteiger partial charge < -0.3 is 10.3 Å². The zero-order valence-corrected chi connectivity index (χ0v) is 6.84. The monoisotopic (exact) mass is 176 g/mol. The van der Waals surface area contributed by atoms with Gasteiger partial charge in [-0.15, -0.1) is 0 Å². The van der Waals surface area contributed by atoms with E-state index in [4.69, 9.17) is 10.3 Å². The summed E-state index contributed by atoms with van der Waals surface area (Å²) in [5, 5.41) is 3.74. The highest BCUT2D eigenvalue weighted by Crippen LogP contribution is 2.15. The van der Waals surface area contributed by atoms with E-state index in [0.29, 0.717) is 23.7 Å². The third-order valence-electron chi connectivity index (χ3n) is 1.58. The zero-order chi connectivity index (χ0) is 9.10. The average molecular weight is 176 g/mol. The van der Waals surface area contributed by atoms with Crippen molar-refractivity contribution in [1.29, 1.82) is 0 Å². The van der Waals surface area contributed by atoms with Gasteiger partial charge in [0.15, 0.2) is 5.76 Å². The molecule has 2 N–H and O–H groups in total. The molecule has 0 aliphatic heterocycles. The van der Waals surface area contributed by atoms with Gasteiger partial charge in [-0.3, -0.25) is 4.98 Å². The Morgan fingerprint density at radius 1 is 1.38 bits per heavy atom. The lowest BCUT2D eigenvalue weighted by Crippen LogP contribution is -1.94. The predicted molar refractivity (Wildman–Crippen MR) is 45.4 cm³/mol. The minimum Gasteiger partial charge on any atom is -0.354 e. The Morgan fingerprint density at radius 3 is 2.92 bits per heavy atom. The summed E-state index contributed by atoms with van der Waals surface area (Å²) in [6.45, 7) is 0.365. The van der Waals surface area contributed by atoms with E-state index < -0.39 is 0 Å². The van der Waals surface area contributed by atoms with E-state index in [0.717, 1.165) is 0 Å². The van der Waals surface area contributed by atoms with Crippen LogP contribution in [-0.2, 0) is 6.54 Å². The Morgan fingerprint density at radius 2 is 2.31 bits per heavy atom. The average Bonchev–Trinajstić information content (AvgIpc) is 2.67. The second kappa shape index (κ2) is 3.32. The summed E-state index contributed by atoms with van der Waals surface area (Å²) in [5.41, 5.74) is 6.75. The largest absolute Gasteiger partial charge is 0.354 e. The number of nitrogens with zero attached hydrogens (tertiary/aromatic N) is 3. The Kier molecular flexibility index (Phi) is 2.01. The van der Waals surface area contributed by atoms with Gasteiger partial charge in [-0.05, 0) is 0 Å². The van der Waals surface area contributed by atoms with Crippen LogP contribution in [0.25, 0.3) is 11.5 Å². The molecule has 2 aromatic heterocycles. The van der Waals surface area contributed by atoms with Crippen molar-refractivity contribution in [2.24, 2.45) is 5.73 Å². The molecule has 0 spiro atoms. The second-order valence-electron chi connectivity index (χ2n) is 2.48. The summed E-state index contributed by atoms with van der Waals surface area (Å²) in [4.78, 5) is 7.97. The number of hydrogen-bond acceptors (Lipinski definition) is 5. The Balaban J connectivity index is 2.36. The van der Waals surface area contributed by atoms with Crippen LogP contribution in [0, 0.1) is 0 Å². The summed E-state index contributed by atoms with van der Waals surface area (Å²) in [5.74, 6) is 0.591. The number of nitrogens with two attached hydrogens (primary N) is 1. The molecule has 0 saturated heterocycles. The first-order valence-corrected chi connectivity index (χ1v) is 3.82. The van der Waals surface area contributed by atoms with Crippen molar-refractivity contribution in [3.63, 3.8) is 0 Å². The molecule has 0 unspecified atom stereocenters. The molecule has 2 heterocycles. The molecule has 0 aliphatic rings. The van der Waals surface area contributed by atoms with Gasteiger partial charge in [-0.2, -0.15) is 0 Å². The number of aromatic nitrogens is 3. The zero-order valence-electron chi connectivity index (χ0n) is 6.84. The lowest BCUT2D eigenvalue weighted by Gasteiger charge is -1.89. The van der Waals surface area contributed by atoms with Crippen LogP contribution in [0.3, 0.4) is 0 Å². The van der Waals surface area contributed by atoms with Crippen LogP contribution >= 0.6 is 0 Å². The van der Waals surface area contributed by atoms with Crippen LogP contribution in [-0.4, -0.2) is 15.1 Å². The quantitative estimate of drug-likeness (QED) is 0.724. The maximum Gasteiger partial charge on any atom is 0.187 e. The van der Waals surface area contributed by atoms with Crippen LogP contribution in [0.15, 0.2) is 29.2 Å². The van der Waals surface area contributed by atoms with E-state index in [1.807, 2.05) is 0 Å². The lowest BCUT2D eigenvalue weighted by atomic mass is 10.3. The molecule has 66 valence electrons. The number of hydrogen-bond donors (Lipinski definition) is 1. The van der Waals surface area contributed by atoms with Crippen molar-refractivity contribution in [1.82, 2.24) is 15.1 Å². The van der Waals surface area contributed by atoms with Crippen molar-refractivity contribution in [3.8, 4) is 11.5 Å². The highest BCUT2D eigenvalue weighted by molar-refractivity contribution is 5.49. The molecule has 13 heavy (non-hydrogen) atoms. The molecule has 0 aliphatic carbocycles. The van der Waals surface area contributed by atoms with Gasteiger partial charge in [0.1, 0.15) is 5.69 Å². The van der Waals surface area contributed by atoms with Gasteiger partial charge in [0.2, 0.25) is 0 Å². The molecule has 0 saturated carbocycles. The minimum atomic E-state index is 0.365. The summed E-state index contributed by atoms with van der Waals surface area (Å²) in [7, 11) is 0. The first-order chi connectivity index (χ1) is 6.40. The third kappa shape index (κ3) is 1.54. The van der Waals surface area contributed by atoms with Gasteiger partial charge >= 0.3 is 0 Å². The fraction of sp³-hybridized carbons (Fsp3) is 0.125. The van der Waals surface area contributed by atoms with Crippen molar-refractivity contribution in [2.45, 2.75) is 6.54 Å². The molecule has 2 aromatic rings. The van der Waals surface area contributed by atoms with Crippen molar-refractivity contribution in [2.75, 3.05) is 0 Å². The first kappa shape index (κ1) is 7.88. The third-order valence-corrected chi connectivity index (χ3v) is 1.58. The topological polar surface area (TPSA) is 77.8 Å². The molecule has 0 amide bonds. The molecule has 5 nitrogen and oxygen atoms in total. The molecule has 2 rings (SSSR count). The van der Waals surface area contributed by atoms with Crippen molar-refractivity contribution >= 4 is 0 Å². The van der Waals surface area contributed by atoms with E-state index in [-0.39, 0.29) is 0 Å². The van der Waals surface area contributed by atoms with Gasteiger partial charge in [0, 0.05) is 25.0 Å². The van der Waals surface area contributed by atoms with Crippen LogP contribution < -0.4 is 5.73 Å². The predicted octanol–water partition coefficient (Wildman–Crippen LogP) is 0.590. The fourth-order valence-corrected chi connectivity index (χ4v) is 0.955. The standard InChI is InChI=1S/C8H8N4O/c9-4-6-3-8(13-12-6)7-5-10-1-2-11-7/h1-3,5H,4,9H2. The molecule has 0 atom stereocenters. The van der Waals surface area contributed by atoms with Gasteiger partial charge in [0.05, 0.1) is 11.9 Å². The molecular formula is C8H8N4O. The Labute approximate surface area is 74.6 Å². The van der Waals surface area contributed by atoms with E-state index >= 15 is 0 Å². The molecule has 0 radical (unpaired) electrons. The fourth-order valence-electron chi connectivity index (χ4n) is 0.955. The molecular weight excluding hydrogens is 168 g/mol. The molecule has 5 heteroatoms. The summed E-state index contributed by atoms with van der Waals surface area (Å²) in [6, 6.07) is 1.75. The van der Waals surface area contributed by atoms with E-state index in [2.05, 4.69) is 15.1 Å². The van der Waals surface area contributed by atoms with Crippen molar-refractivity contribution < 1.29 is 4.52 Å². The van der Waals surface area contributed by atoms with E-state index in [9.17, 15) is 0 Å². The molecule has 0 fully saturated rings. The van der Waals surface area contributed by atoms with E-state index in [1.165, 1.54) is 0 Å². The highest BCUT2D eigenvalue weighted by Gasteiger charge is 2.05. The van der Waals surface area contributed by atoms with Crippen LogP contribution in [0.1, 0.15) is 5.69 Å². The minimum absolute atomic E-state index is 0.365. The maximum atomic E-state index is 5.38. The Bertz CT molecular complexity index is 384. The smallest absolute Gasteiger partial charge is 0.187 e. The van der Waals surface area contributed by atoms with Crippen LogP contribution in [0.2, 0.25) is 0 Å². The van der Waals surface area contributed by atoms with Gasteiger partial charge in [-0.1, -0.05) is 5.16 Å². The normalized spacial score (nSPS) is 10.2. The summed E-state index contributed by atoms with van der Waals surface area (Å²) in [6.07, 6.45) is 4.81. The number of rotatable bonds is 2. The maximum absolute atomic E-state index is 5.38. The van der Waals surface area contributed by atoms with Crippen LogP contribution in [0.5, 0.6) is 0 Å². The van der Waals surface area contributed by atoms with E-state index in [1.54, 1.807) is 24.7 Å². The second-order valence-corrected chi connectivity index (χ2v) is 2.48. The van der Waals surface area contributed by atoms with Gasteiger partial charge in [0.25, 0.3) is 0 Å². The lowest BCUT2D eigenvalue weighted by molar-refractivity contribution is 0.422.